The predicted octanol–water partition coefficient (Wildman–Crippen LogP) is 2.86. The summed E-state index contributed by atoms with van der Waals surface area (Å²) in [5, 5.41) is 2.27. The van der Waals surface area contributed by atoms with E-state index in [9.17, 15) is 18.0 Å². The van der Waals surface area contributed by atoms with Crippen LogP contribution in [0.25, 0.3) is 0 Å². The van der Waals surface area contributed by atoms with Crippen molar-refractivity contribution < 1.29 is 27.4 Å². The van der Waals surface area contributed by atoms with Gasteiger partial charge in [-0.1, -0.05) is 0 Å². The third-order valence-electron chi connectivity index (χ3n) is 2.01. The van der Waals surface area contributed by atoms with Crippen molar-refractivity contribution in [3.63, 3.8) is 0 Å². The van der Waals surface area contributed by atoms with Crippen LogP contribution < -0.4 is 14.8 Å². The van der Waals surface area contributed by atoms with E-state index in [1.165, 1.54) is 33.1 Å². The van der Waals surface area contributed by atoms with E-state index in [1.807, 2.05) is 0 Å². The number of carbonyl (C=O) groups is 1. The largest absolute Gasteiger partial charge is 0.573 e. The highest BCUT2D eigenvalue weighted by Gasteiger charge is 2.33. The van der Waals surface area contributed by atoms with Crippen molar-refractivity contribution in [3.8, 4) is 11.5 Å². The summed E-state index contributed by atoms with van der Waals surface area (Å²) in [7, 11) is 1.37. The van der Waals surface area contributed by atoms with Gasteiger partial charge < -0.3 is 14.8 Å². The van der Waals surface area contributed by atoms with Gasteiger partial charge in [0.1, 0.15) is 5.75 Å². The Morgan fingerprint density at radius 1 is 1.33 bits per heavy atom. The van der Waals surface area contributed by atoms with Crippen LogP contribution in [-0.2, 0) is 4.79 Å². The lowest BCUT2D eigenvalue weighted by Crippen LogP contribution is -2.19. The van der Waals surface area contributed by atoms with Crippen molar-refractivity contribution in [2.24, 2.45) is 0 Å². The summed E-state index contributed by atoms with van der Waals surface area (Å²) >= 11 is 0. The minimum atomic E-state index is -4.83. The van der Waals surface area contributed by atoms with Gasteiger partial charge in [0.25, 0.3) is 0 Å². The van der Waals surface area contributed by atoms with Gasteiger partial charge >= 0.3 is 6.36 Å². The van der Waals surface area contributed by atoms with Crippen LogP contribution in [0.15, 0.2) is 12.1 Å². The zero-order valence-electron chi connectivity index (χ0n) is 10.0. The number of benzene rings is 1. The molecule has 0 spiro atoms. The van der Waals surface area contributed by atoms with Gasteiger partial charge in [-0.15, -0.1) is 13.2 Å². The van der Waals surface area contributed by atoms with Crippen LogP contribution in [-0.4, -0.2) is 19.4 Å². The van der Waals surface area contributed by atoms with Crippen LogP contribution in [0.4, 0.5) is 18.9 Å². The van der Waals surface area contributed by atoms with Crippen LogP contribution in [0, 0.1) is 6.92 Å². The van der Waals surface area contributed by atoms with E-state index in [4.69, 9.17) is 4.74 Å². The molecule has 7 heteroatoms. The molecule has 100 valence electrons. The number of halogens is 3. The van der Waals surface area contributed by atoms with Crippen molar-refractivity contribution in [2.45, 2.75) is 20.2 Å². The van der Waals surface area contributed by atoms with Crippen molar-refractivity contribution in [2.75, 3.05) is 12.4 Å². The molecule has 0 aliphatic rings. The van der Waals surface area contributed by atoms with Crippen LogP contribution in [0.1, 0.15) is 12.5 Å². The Morgan fingerprint density at radius 2 is 1.94 bits per heavy atom. The van der Waals surface area contributed by atoms with Gasteiger partial charge in [-0.2, -0.15) is 0 Å². The number of anilines is 1. The fourth-order valence-electron chi connectivity index (χ4n) is 1.39. The minimum Gasteiger partial charge on any atom is -0.497 e. The van der Waals surface area contributed by atoms with E-state index < -0.39 is 18.0 Å². The lowest BCUT2D eigenvalue weighted by molar-refractivity contribution is -0.274. The lowest BCUT2D eigenvalue weighted by atomic mass is 10.1. The molecule has 1 aromatic carbocycles. The van der Waals surface area contributed by atoms with Gasteiger partial charge in [0.05, 0.1) is 12.8 Å². The monoisotopic (exact) mass is 263 g/mol. The Bertz CT molecular complexity index is 458. The Kier molecular flexibility index (Phi) is 4.05. The Balaban J connectivity index is 3.24. The average molecular weight is 263 g/mol. The normalized spacial score (nSPS) is 11.0. The molecular formula is C11H12F3NO3. The molecule has 0 saturated heterocycles. The second-order valence-electron chi connectivity index (χ2n) is 3.55. The predicted molar refractivity (Wildman–Crippen MR) is 58.7 cm³/mol. The van der Waals surface area contributed by atoms with Crippen molar-refractivity contribution in [1.29, 1.82) is 0 Å². The first-order valence-corrected chi connectivity index (χ1v) is 4.95. The topological polar surface area (TPSA) is 47.6 Å². The number of ether oxygens (including phenoxy) is 2. The highest BCUT2D eigenvalue weighted by atomic mass is 19.4. The average Bonchev–Trinajstić information content (AvgIpc) is 2.20. The fourth-order valence-corrected chi connectivity index (χ4v) is 1.39. The molecule has 1 rings (SSSR count). The maximum absolute atomic E-state index is 12.3. The molecule has 0 atom stereocenters. The standard InChI is InChI=1S/C11H12F3NO3/c1-6-4-8(17-3)5-9(15-7(2)16)10(6)18-11(12,13)14/h4-5H,1-3H3,(H,15,16). The van der Waals surface area contributed by atoms with Gasteiger partial charge in [0.2, 0.25) is 5.91 Å². The Hall–Kier alpha value is -1.92. The summed E-state index contributed by atoms with van der Waals surface area (Å²) in [5.41, 5.74) is 0.118. The summed E-state index contributed by atoms with van der Waals surface area (Å²) in [4.78, 5) is 11.0. The van der Waals surface area contributed by atoms with Gasteiger partial charge in [-0.3, -0.25) is 4.79 Å². The molecule has 0 bridgehead atoms. The first-order chi connectivity index (χ1) is 8.23. The summed E-state index contributed by atoms with van der Waals surface area (Å²) in [6, 6.07) is 2.64. The second kappa shape index (κ2) is 5.16. The SMILES string of the molecule is COc1cc(C)c(OC(F)(F)F)c(NC(C)=O)c1. The molecule has 0 saturated carbocycles. The number of nitrogens with one attached hydrogen (secondary N) is 1. The first kappa shape index (κ1) is 14.1. The minimum absolute atomic E-state index is 0.0864. The maximum atomic E-state index is 12.3. The van der Waals surface area contributed by atoms with Crippen molar-refractivity contribution >= 4 is 11.6 Å². The third kappa shape index (κ3) is 3.83. The molecule has 18 heavy (non-hydrogen) atoms. The van der Waals surface area contributed by atoms with E-state index in [0.717, 1.165) is 0 Å². The smallest absolute Gasteiger partial charge is 0.497 e. The quantitative estimate of drug-likeness (QED) is 0.912. The van der Waals surface area contributed by atoms with Crippen LogP contribution in [0.5, 0.6) is 11.5 Å². The second-order valence-corrected chi connectivity index (χ2v) is 3.55. The van der Waals surface area contributed by atoms with E-state index in [2.05, 4.69) is 10.1 Å². The van der Waals surface area contributed by atoms with Crippen LogP contribution in [0.2, 0.25) is 0 Å². The van der Waals surface area contributed by atoms with E-state index >= 15 is 0 Å². The number of amides is 1. The molecule has 0 fully saturated rings. The first-order valence-electron chi connectivity index (χ1n) is 4.95. The number of carbonyl (C=O) groups excluding carboxylic acids is 1. The number of methoxy groups -OCH3 is 1. The van der Waals surface area contributed by atoms with Crippen LogP contribution in [0.3, 0.4) is 0 Å². The zero-order chi connectivity index (χ0) is 13.9. The van der Waals surface area contributed by atoms with Crippen molar-refractivity contribution in [3.05, 3.63) is 17.7 Å². The highest BCUT2D eigenvalue weighted by Crippen LogP contribution is 2.36. The lowest BCUT2D eigenvalue weighted by Gasteiger charge is -2.17. The highest BCUT2D eigenvalue weighted by molar-refractivity contribution is 5.91. The molecular weight excluding hydrogens is 251 g/mol. The van der Waals surface area contributed by atoms with Crippen molar-refractivity contribution in [1.82, 2.24) is 0 Å². The molecule has 0 aliphatic heterocycles. The third-order valence-corrected chi connectivity index (χ3v) is 2.01. The summed E-state index contributed by atoms with van der Waals surface area (Å²) in [5.74, 6) is -0.626. The molecule has 0 aliphatic carbocycles. The molecule has 1 amide bonds. The van der Waals surface area contributed by atoms with E-state index in [0.29, 0.717) is 5.75 Å². The molecule has 1 aromatic rings. The summed E-state index contributed by atoms with van der Waals surface area (Å²) in [6.45, 7) is 2.61. The van der Waals surface area contributed by atoms with E-state index in [1.54, 1.807) is 0 Å². The number of hydrogen-bond acceptors (Lipinski definition) is 3. The summed E-state index contributed by atoms with van der Waals surface area (Å²) < 4.78 is 45.6. The van der Waals surface area contributed by atoms with E-state index in [-0.39, 0.29) is 11.3 Å². The zero-order valence-corrected chi connectivity index (χ0v) is 10.0. The molecule has 0 unspecified atom stereocenters. The number of alkyl halides is 3. The molecule has 0 radical (unpaired) electrons. The molecule has 4 nitrogen and oxygen atoms in total. The van der Waals surface area contributed by atoms with Gasteiger partial charge in [0.15, 0.2) is 5.75 Å². The van der Waals surface area contributed by atoms with Gasteiger partial charge in [-0.25, -0.2) is 0 Å². The summed E-state index contributed by atoms with van der Waals surface area (Å²) in [6.07, 6.45) is -4.83. The van der Waals surface area contributed by atoms with Gasteiger partial charge in [-0.05, 0) is 18.6 Å². The molecule has 1 N–H and O–H groups in total. The number of hydrogen-bond donors (Lipinski definition) is 1. The van der Waals surface area contributed by atoms with Crippen LogP contribution >= 0.6 is 0 Å². The number of aryl methyl sites for hydroxylation is 1. The fraction of sp³-hybridized carbons (Fsp3) is 0.364. The Morgan fingerprint density at radius 3 is 2.39 bits per heavy atom. The maximum Gasteiger partial charge on any atom is 0.573 e. The molecule has 0 heterocycles. The number of rotatable bonds is 3. The Labute approximate surface area is 102 Å². The van der Waals surface area contributed by atoms with Gasteiger partial charge in [0, 0.05) is 13.0 Å². The molecule has 0 aromatic heterocycles.